The van der Waals surface area contributed by atoms with Gasteiger partial charge < -0.3 is 4.90 Å². The second-order valence-corrected chi connectivity index (χ2v) is 6.91. The average molecular weight is 444 g/mol. The first-order valence-corrected chi connectivity index (χ1v) is 10.1. The van der Waals surface area contributed by atoms with Crippen molar-refractivity contribution in [1.29, 1.82) is 0 Å². The molecule has 3 rings (SSSR count). The Morgan fingerprint density at radius 3 is 2.34 bits per heavy atom. The second kappa shape index (κ2) is 10.6. The molecule has 0 bridgehead atoms. The molecule has 1 aromatic heterocycles. The lowest BCUT2D eigenvalue weighted by molar-refractivity contribution is -0.137. The first kappa shape index (κ1) is 25.0. The molecule has 2 heterocycles. The maximum Gasteiger partial charge on any atom is 0.416 e. The van der Waals surface area contributed by atoms with Crippen molar-refractivity contribution in [2.75, 3.05) is 17.7 Å². The Balaban J connectivity index is 0.000000990. The van der Waals surface area contributed by atoms with Crippen molar-refractivity contribution in [2.45, 2.75) is 39.4 Å². The van der Waals surface area contributed by atoms with Crippen LogP contribution in [0.25, 0.3) is 0 Å². The number of hydrogen-bond acceptors (Lipinski definition) is 3. The molecular formula is C20H24F3N3OS2. The van der Waals surface area contributed by atoms with Gasteiger partial charge in [0.05, 0.1) is 23.4 Å². The second-order valence-electron chi connectivity index (χ2n) is 6.30. The number of hydrogen-bond donors (Lipinski definition) is 0. The van der Waals surface area contributed by atoms with E-state index in [0.717, 1.165) is 12.1 Å². The van der Waals surface area contributed by atoms with Crippen LogP contribution in [-0.4, -0.2) is 28.5 Å². The Labute approximate surface area is 180 Å². The van der Waals surface area contributed by atoms with Crippen LogP contribution in [0.1, 0.15) is 54.8 Å². The number of nitrogens with zero attached hydrogens (tertiary/aromatic N) is 3. The fraction of sp³-hybridized carbons (Fsp3) is 0.400. The van der Waals surface area contributed by atoms with Crippen LogP contribution in [0.5, 0.6) is 0 Å². The Kier molecular flexibility index (Phi) is 9.17. The molecule has 0 aliphatic carbocycles. The number of thioether (sulfide) groups is 1. The summed E-state index contributed by atoms with van der Waals surface area (Å²) in [7, 11) is 0. The molecule has 0 fully saturated rings. The van der Waals surface area contributed by atoms with Crippen molar-refractivity contribution in [3.63, 3.8) is 0 Å². The summed E-state index contributed by atoms with van der Waals surface area (Å²) in [4.78, 5) is 14.3. The van der Waals surface area contributed by atoms with Crippen LogP contribution < -0.4 is 4.90 Å². The van der Waals surface area contributed by atoms with Crippen LogP contribution in [0.4, 0.5) is 18.9 Å². The van der Waals surface area contributed by atoms with Gasteiger partial charge in [0.15, 0.2) is 0 Å². The zero-order chi connectivity index (χ0) is 20.9. The molecule has 0 unspecified atom stereocenters. The molecule has 0 saturated heterocycles. The van der Waals surface area contributed by atoms with E-state index in [2.05, 4.69) is 30.1 Å². The van der Waals surface area contributed by atoms with Crippen LogP contribution in [0.3, 0.4) is 0 Å². The summed E-state index contributed by atoms with van der Waals surface area (Å²) in [6.45, 7) is 6.47. The van der Waals surface area contributed by atoms with Gasteiger partial charge in [-0.1, -0.05) is 38.0 Å². The molecule has 1 atom stereocenters. The summed E-state index contributed by atoms with van der Waals surface area (Å²) < 4.78 is 39.8. The molecule has 0 N–H and O–H groups in total. The van der Waals surface area contributed by atoms with Gasteiger partial charge in [0.2, 0.25) is 0 Å². The zero-order valence-corrected chi connectivity index (χ0v) is 18.5. The van der Waals surface area contributed by atoms with E-state index in [1.165, 1.54) is 35.2 Å². The molecule has 9 heteroatoms. The molecule has 0 radical (unpaired) electrons. The minimum absolute atomic E-state index is 0. The summed E-state index contributed by atoms with van der Waals surface area (Å²) in [5.74, 6) is 2.57. The number of alkyl halides is 3. The van der Waals surface area contributed by atoms with Gasteiger partial charge in [-0.05, 0) is 42.7 Å². The molecule has 0 spiro atoms. The molecular weight excluding hydrogens is 419 g/mol. The molecule has 158 valence electrons. The molecule has 1 aromatic carbocycles. The lowest BCUT2D eigenvalue weighted by atomic mass is 10.1. The van der Waals surface area contributed by atoms with Gasteiger partial charge in [0, 0.05) is 12.2 Å². The van der Waals surface area contributed by atoms with E-state index in [4.69, 9.17) is 0 Å². The van der Waals surface area contributed by atoms with Crippen molar-refractivity contribution < 1.29 is 18.0 Å². The number of amides is 1. The largest absolute Gasteiger partial charge is 0.416 e. The van der Waals surface area contributed by atoms with E-state index in [-0.39, 0.29) is 25.4 Å². The smallest absolute Gasteiger partial charge is 0.305 e. The van der Waals surface area contributed by atoms with Crippen molar-refractivity contribution in [3.05, 3.63) is 47.3 Å². The third-order valence-corrected chi connectivity index (χ3v) is 4.21. The van der Waals surface area contributed by atoms with Gasteiger partial charge in [-0.15, -0.1) is 0 Å². The summed E-state index contributed by atoms with van der Waals surface area (Å²) in [5, 5.41) is 7.06. The third kappa shape index (κ3) is 5.73. The van der Waals surface area contributed by atoms with Crippen molar-refractivity contribution in [2.24, 2.45) is 0 Å². The minimum atomic E-state index is -4.41. The first-order chi connectivity index (χ1) is 13.2. The number of fused-ring (bicyclic) bond motifs is 1. The van der Waals surface area contributed by atoms with E-state index in [0.29, 0.717) is 23.5 Å². The molecule has 1 aliphatic rings. The Hall–Kier alpha value is -2.05. The Morgan fingerprint density at radius 2 is 1.83 bits per heavy atom. The third-order valence-electron chi connectivity index (χ3n) is 3.90. The zero-order valence-electron chi connectivity index (χ0n) is 16.7. The van der Waals surface area contributed by atoms with E-state index in [9.17, 15) is 18.0 Å². The van der Waals surface area contributed by atoms with Gasteiger partial charge in [-0.25, -0.2) is 0 Å². The highest BCUT2D eigenvalue weighted by Crippen LogP contribution is 2.32. The van der Waals surface area contributed by atoms with E-state index in [1.807, 2.05) is 13.2 Å². The van der Waals surface area contributed by atoms with Crippen LogP contribution in [0.2, 0.25) is 0 Å². The topological polar surface area (TPSA) is 38.1 Å². The van der Waals surface area contributed by atoms with Crippen LogP contribution in [0.15, 0.2) is 30.5 Å². The fourth-order valence-corrected chi connectivity index (χ4v) is 2.92. The van der Waals surface area contributed by atoms with E-state index in [1.54, 1.807) is 10.9 Å². The maximum absolute atomic E-state index is 12.9. The lowest BCUT2D eigenvalue weighted by Gasteiger charge is -2.32. The summed E-state index contributed by atoms with van der Waals surface area (Å²) in [5.41, 5.74) is 0.550. The first-order valence-electron chi connectivity index (χ1n) is 8.85. The molecule has 0 saturated carbocycles. The van der Waals surface area contributed by atoms with Crippen molar-refractivity contribution in [3.8, 4) is 11.2 Å². The van der Waals surface area contributed by atoms with E-state index < -0.39 is 11.7 Å². The van der Waals surface area contributed by atoms with Gasteiger partial charge in [0.25, 0.3) is 5.91 Å². The summed E-state index contributed by atoms with van der Waals surface area (Å²) >= 11 is 1.32. The highest BCUT2D eigenvalue weighted by atomic mass is 32.2. The van der Waals surface area contributed by atoms with E-state index >= 15 is 0 Å². The summed E-state index contributed by atoms with van der Waals surface area (Å²) in [6, 6.07) is 4.47. The number of rotatable bonds is 1. The van der Waals surface area contributed by atoms with Gasteiger partial charge in [-0.3, -0.25) is 9.48 Å². The number of benzene rings is 1. The Morgan fingerprint density at radius 1 is 1.24 bits per heavy atom. The standard InChI is InChI=1S/C17H14F3N3OS.C3H8.H2S/c1-11-10-22(14-5-3-13(4-6-14)17(18,19)20)16(24)15-12(7-8-25-2)9-21-23(11)15;1-3-2;/h3-6,9,11H,10H2,1-2H3;3H2,1-2H3;1H2/t11-;;/m0../s1. The number of anilines is 1. The van der Waals surface area contributed by atoms with Crippen molar-refractivity contribution in [1.82, 2.24) is 9.78 Å². The van der Waals surface area contributed by atoms with Crippen LogP contribution in [0, 0.1) is 11.2 Å². The molecule has 1 amide bonds. The highest BCUT2D eigenvalue weighted by Gasteiger charge is 2.34. The normalized spacial score (nSPS) is 15.3. The quantitative estimate of drug-likeness (QED) is 0.560. The predicted octanol–water partition coefficient (Wildman–Crippen LogP) is 5.32. The average Bonchev–Trinajstić information content (AvgIpc) is 3.08. The molecule has 4 nitrogen and oxygen atoms in total. The Bertz CT molecular complexity index is 883. The van der Waals surface area contributed by atoms with Gasteiger partial charge in [0.1, 0.15) is 5.69 Å². The predicted molar refractivity (Wildman–Crippen MR) is 117 cm³/mol. The SMILES string of the molecule is CCC.CSC#Cc1cnn2c1C(=O)N(c1ccc(C(F)(F)F)cc1)C[C@@H]2C.S. The number of carbonyl (C=O) groups is 1. The maximum atomic E-state index is 12.9. The summed E-state index contributed by atoms with van der Waals surface area (Å²) in [6.07, 6.45) is 0.210. The van der Waals surface area contributed by atoms with Crippen LogP contribution >= 0.6 is 25.3 Å². The van der Waals surface area contributed by atoms with Gasteiger partial charge >= 0.3 is 6.18 Å². The van der Waals surface area contributed by atoms with Crippen LogP contribution in [-0.2, 0) is 6.18 Å². The van der Waals surface area contributed by atoms with Crippen molar-refractivity contribution >= 4 is 36.9 Å². The lowest BCUT2D eigenvalue weighted by Crippen LogP contribution is -2.43. The molecule has 2 aromatic rings. The monoisotopic (exact) mass is 443 g/mol. The van der Waals surface area contributed by atoms with Gasteiger partial charge in [-0.2, -0.15) is 31.8 Å². The number of halogens is 3. The molecule has 1 aliphatic heterocycles. The fourth-order valence-electron chi connectivity index (χ4n) is 2.71. The highest BCUT2D eigenvalue weighted by molar-refractivity contribution is 8.03. The molecule has 29 heavy (non-hydrogen) atoms. The number of aromatic nitrogens is 2. The minimum Gasteiger partial charge on any atom is -0.305 e. The number of carbonyl (C=O) groups excluding carboxylic acids is 1.